The maximum Gasteiger partial charge on any atom is 0.253 e. The van der Waals surface area contributed by atoms with E-state index in [1.807, 2.05) is 6.92 Å². The van der Waals surface area contributed by atoms with Crippen LogP contribution in [0.1, 0.15) is 37.0 Å². The average molecular weight is 304 g/mol. The second-order valence-corrected chi connectivity index (χ2v) is 4.91. The molecule has 0 aromatic heterocycles. The Morgan fingerprint density at radius 2 is 2.00 bits per heavy atom. The highest BCUT2D eigenvalue weighted by Gasteiger charge is 2.13. The predicted octanol–water partition coefficient (Wildman–Crippen LogP) is 2.75. The summed E-state index contributed by atoms with van der Waals surface area (Å²) in [5.74, 6) is -0.326. The Morgan fingerprint density at radius 1 is 1.32 bits per heavy atom. The molecule has 0 saturated heterocycles. The van der Waals surface area contributed by atoms with Crippen molar-refractivity contribution >= 4 is 17.5 Å². The molecule has 5 heteroatoms. The summed E-state index contributed by atoms with van der Waals surface area (Å²) in [7, 11) is 0. The van der Waals surface area contributed by atoms with Crippen molar-refractivity contribution in [3.8, 4) is 0 Å². The van der Waals surface area contributed by atoms with Crippen molar-refractivity contribution in [1.29, 1.82) is 0 Å². The van der Waals surface area contributed by atoms with Gasteiger partial charge in [0.1, 0.15) is 6.10 Å². The standard InChI is InChI=1S/C17H24N2O3/c1-4-6-12-22-13(3)16(20)19-15-9-7-14(8-10-15)17(21)18-11-5-2/h4,7-10,13H,1,5-6,11-12H2,2-3H3,(H,18,21)(H,19,20). The van der Waals surface area contributed by atoms with Crippen LogP contribution in [0.4, 0.5) is 5.69 Å². The molecule has 1 aromatic rings. The number of anilines is 1. The zero-order valence-corrected chi connectivity index (χ0v) is 13.2. The summed E-state index contributed by atoms with van der Waals surface area (Å²) in [6.07, 6.45) is 2.81. The lowest BCUT2D eigenvalue weighted by Gasteiger charge is -2.13. The molecule has 2 N–H and O–H groups in total. The van der Waals surface area contributed by atoms with Gasteiger partial charge in [0.15, 0.2) is 0 Å². The van der Waals surface area contributed by atoms with Gasteiger partial charge in [0.25, 0.3) is 11.8 Å². The van der Waals surface area contributed by atoms with Crippen LogP contribution >= 0.6 is 0 Å². The molecular weight excluding hydrogens is 280 g/mol. The Labute approximate surface area is 131 Å². The van der Waals surface area contributed by atoms with E-state index in [1.54, 1.807) is 37.3 Å². The van der Waals surface area contributed by atoms with Crippen molar-refractivity contribution in [2.24, 2.45) is 0 Å². The number of carbonyl (C=O) groups excluding carboxylic acids is 2. The number of hydrogen-bond donors (Lipinski definition) is 2. The first kappa shape index (κ1) is 17.9. The lowest BCUT2D eigenvalue weighted by atomic mass is 10.2. The average Bonchev–Trinajstić information content (AvgIpc) is 2.53. The van der Waals surface area contributed by atoms with Crippen LogP contribution in [0, 0.1) is 0 Å². The summed E-state index contributed by atoms with van der Waals surface area (Å²) >= 11 is 0. The normalized spacial score (nSPS) is 11.5. The van der Waals surface area contributed by atoms with Gasteiger partial charge in [0.2, 0.25) is 0 Å². The first-order valence-electron chi connectivity index (χ1n) is 7.50. The van der Waals surface area contributed by atoms with E-state index in [1.165, 1.54) is 0 Å². The van der Waals surface area contributed by atoms with Crippen molar-refractivity contribution in [2.75, 3.05) is 18.5 Å². The number of ether oxygens (including phenoxy) is 1. The number of rotatable bonds is 9. The minimum absolute atomic E-state index is 0.110. The van der Waals surface area contributed by atoms with Crippen molar-refractivity contribution in [3.63, 3.8) is 0 Å². The van der Waals surface area contributed by atoms with Gasteiger partial charge in [-0.25, -0.2) is 0 Å². The summed E-state index contributed by atoms with van der Waals surface area (Å²) in [5.41, 5.74) is 1.21. The summed E-state index contributed by atoms with van der Waals surface area (Å²) in [4.78, 5) is 23.7. The van der Waals surface area contributed by atoms with Gasteiger partial charge in [0.05, 0.1) is 6.61 Å². The van der Waals surface area contributed by atoms with Crippen LogP contribution in [-0.2, 0) is 9.53 Å². The van der Waals surface area contributed by atoms with E-state index in [-0.39, 0.29) is 11.8 Å². The van der Waals surface area contributed by atoms with Crippen LogP contribution in [0.3, 0.4) is 0 Å². The van der Waals surface area contributed by atoms with E-state index < -0.39 is 6.10 Å². The molecule has 0 bridgehead atoms. The van der Waals surface area contributed by atoms with Gasteiger partial charge in [-0.05, 0) is 44.0 Å². The zero-order valence-electron chi connectivity index (χ0n) is 13.2. The molecule has 22 heavy (non-hydrogen) atoms. The molecule has 0 aliphatic rings. The number of benzene rings is 1. The lowest BCUT2D eigenvalue weighted by Crippen LogP contribution is -2.28. The summed E-state index contributed by atoms with van der Waals surface area (Å²) in [5, 5.41) is 5.56. The van der Waals surface area contributed by atoms with Gasteiger partial charge < -0.3 is 15.4 Å². The largest absolute Gasteiger partial charge is 0.368 e. The highest BCUT2D eigenvalue weighted by molar-refractivity contribution is 5.96. The van der Waals surface area contributed by atoms with Gasteiger partial charge in [-0.1, -0.05) is 13.0 Å². The molecule has 1 rings (SSSR count). The molecule has 0 heterocycles. The fraction of sp³-hybridized carbons (Fsp3) is 0.412. The lowest BCUT2D eigenvalue weighted by molar-refractivity contribution is -0.126. The fourth-order valence-electron chi connectivity index (χ4n) is 1.69. The third-order valence-electron chi connectivity index (χ3n) is 3.01. The van der Waals surface area contributed by atoms with Gasteiger partial charge in [-0.15, -0.1) is 6.58 Å². The maximum absolute atomic E-state index is 11.9. The Kier molecular flexibility index (Phi) is 7.92. The monoisotopic (exact) mass is 304 g/mol. The molecule has 5 nitrogen and oxygen atoms in total. The Morgan fingerprint density at radius 3 is 2.59 bits per heavy atom. The fourth-order valence-corrected chi connectivity index (χ4v) is 1.69. The second-order valence-electron chi connectivity index (χ2n) is 4.91. The molecule has 0 spiro atoms. The smallest absolute Gasteiger partial charge is 0.253 e. The molecule has 1 aromatic carbocycles. The van der Waals surface area contributed by atoms with E-state index in [0.29, 0.717) is 30.8 Å². The molecule has 0 saturated carbocycles. The van der Waals surface area contributed by atoms with E-state index >= 15 is 0 Å². The Balaban J connectivity index is 2.51. The molecular formula is C17H24N2O3. The predicted molar refractivity (Wildman–Crippen MR) is 87.9 cm³/mol. The van der Waals surface area contributed by atoms with Gasteiger partial charge >= 0.3 is 0 Å². The van der Waals surface area contributed by atoms with Crippen molar-refractivity contribution in [1.82, 2.24) is 5.32 Å². The van der Waals surface area contributed by atoms with Crippen molar-refractivity contribution in [3.05, 3.63) is 42.5 Å². The molecule has 1 atom stereocenters. The first-order chi connectivity index (χ1) is 10.6. The SMILES string of the molecule is C=CCCOC(C)C(=O)Nc1ccc(C(=O)NCCC)cc1. The van der Waals surface area contributed by atoms with Crippen LogP contribution in [0.2, 0.25) is 0 Å². The number of nitrogens with one attached hydrogen (secondary N) is 2. The van der Waals surface area contributed by atoms with Crippen LogP contribution < -0.4 is 10.6 Å². The molecule has 0 aliphatic heterocycles. The molecule has 0 aliphatic carbocycles. The number of amides is 2. The van der Waals surface area contributed by atoms with E-state index in [9.17, 15) is 9.59 Å². The minimum atomic E-state index is -0.535. The van der Waals surface area contributed by atoms with Gasteiger partial charge in [-0.3, -0.25) is 9.59 Å². The van der Waals surface area contributed by atoms with E-state index in [2.05, 4.69) is 17.2 Å². The van der Waals surface area contributed by atoms with Crippen molar-refractivity contribution < 1.29 is 14.3 Å². The Hall–Kier alpha value is -2.14. The molecule has 2 amide bonds. The van der Waals surface area contributed by atoms with Crippen LogP contribution in [-0.4, -0.2) is 31.1 Å². The zero-order chi connectivity index (χ0) is 16.4. The Bertz CT molecular complexity index is 497. The van der Waals surface area contributed by atoms with Gasteiger partial charge in [-0.2, -0.15) is 0 Å². The topological polar surface area (TPSA) is 67.4 Å². The maximum atomic E-state index is 11.9. The van der Waals surface area contributed by atoms with E-state index in [0.717, 1.165) is 6.42 Å². The highest BCUT2D eigenvalue weighted by atomic mass is 16.5. The molecule has 1 unspecified atom stereocenters. The van der Waals surface area contributed by atoms with Crippen LogP contribution in [0.15, 0.2) is 36.9 Å². The first-order valence-corrected chi connectivity index (χ1v) is 7.50. The summed E-state index contributed by atoms with van der Waals surface area (Å²) in [6, 6.07) is 6.78. The molecule has 120 valence electrons. The summed E-state index contributed by atoms with van der Waals surface area (Å²) < 4.78 is 5.38. The van der Waals surface area contributed by atoms with Crippen LogP contribution in [0.5, 0.6) is 0 Å². The van der Waals surface area contributed by atoms with Crippen molar-refractivity contribution in [2.45, 2.75) is 32.8 Å². The third-order valence-corrected chi connectivity index (χ3v) is 3.01. The molecule has 0 fully saturated rings. The van der Waals surface area contributed by atoms with E-state index in [4.69, 9.17) is 4.74 Å². The van der Waals surface area contributed by atoms with Crippen LogP contribution in [0.25, 0.3) is 0 Å². The quantitative estimate of drug-likeness (QED) is 0.544. The highest BCUT2D eigenvalue weighted by Crippen LogP contribution is 2.10. The minimum Gasteiger partial charge on any atom is -0.368 e. The van der Waals surface area contributed by atoms with Gasteiger partial charge in [0, 0.05) is 17.8 Å². The number of hydrogen-bond acceptors (Lipinski definition) is 3. The number of carbonyl (C=O) groups is 2. The third kappa shape index (κ3) is 6.10. The molecule has 0 radical (unpaired) electrons. The second kappa shape index (κ2) is 9.73. The summed E-state index contributed by atoms with van der Waals surface area (Å²) in [6.45, 7) is 8.41.